The Labute approximate surface area is 68.2 Å². The fourth-order valence-electron chi connectivity index (χ4n) is 1.56. The van der Waals surface area contributed by atoms with Gasteiger partial charge in [0.2, 0.25) is 0 Å². The lowest BCUT2D eigenvalue weighted by atomic mass is 9.76. The predicted molar refractivity (Wildman–Crippen MR) is 42.9 cm³/mol. The van der Waals surface area contributed by atoms with Gasteiger partial charge in [0, 0.05) is 6.61 Å². The molecule has 0 aromatic rings. The van der Waals surface area contributed by atoms with Gasteiger partial charge in [0.25, 0.3) is 0 Å². The van der Waals surface area contributed by atoms with E-state index in [4.69, 9.17) is 10.00 Å². The van der Waals surface area contributed by atoms with Crippen LogP contribution in [0.25, 0.3) is 0 Å². The zero-order chi connectivity index (χ0) is 8.32. The van der Waals surface area contributed by atoms with Crippen LogP contribution in [-0.4, -0.2) is 13.2 Å². The summed E-state index contributed by atoms with van der Waals surface area (Å²) in [4.78, 5) is 0. The Morgan fingerprint density at radius 1 is 1.73 bits per heavy atom. The van der Waals surface area contributed by atoms with Crippen molar-refractivity contribution >= 4 is 0 Å². The van der Waals surface area contributed by atoms with Crippen LogP contribution in [0.1, 0.15) is 26.7 Å². The van der Waals surface area contributed by atoms with E-state index >= 15 is 0 Å². The Morgan fingerprint density at radius 2 is 2.45 bits per heavy atom. The molecule has 0 spiro atoms. The Bertz CT molecular complexity index is 165. The summed E-state index contributed by atoms with van der Waals surface area (Å²) < 4.78 is 5.25. The number of ether oxygens (including phenoxy) is 1. The lowest BCUT2D eigenvalue weighted by Gasteiger charge is -2.25. The zero-order valence-corrected chi connectivity index (χ0v) is 7.26. The smallest absolute Gasteiger partial charge is 0.0853 e. The van der Waals surface area contributed by atoms with Gasteiger partial charge in [0.05, 0.1) is 18.1 Å². The number of hydrogen-bond acceptors (Lipinski definition) is 2. The Balaban J connectivity index is 2.68. The van der Waals surface area contributed by atoms with E-state index in [1.54, 1.807) is 0 Å². The topological polar surface area (TPSA) is 33.0 Å². The molecule has 0 saturated carbocycles. The first kappa shape index (κ1) is 8.55. The average Bonchev–Trinajstić information content (AvgIpc) is 2.52. The molecule has 0 radical (unpaired) electrons. The van der Waals surface area contributed by atoms with Crippen molar-refractivity contribution in [1.82, 2.24) is 0 Å². The second-order valence-corrected chi connectivity index (χ2v) is 3.38. The first-order valence-electron chi connectivity index (χ1n) is 4.24. The van der Waals surface area contributed by atoms with Crippen molar-refractivity contribution in [2.75, 3.05) is 13.2 Å². The summed E-state index contributed by atoms with van der Waals surface area (Å²) in [6.07, 6.45) is 1.98. The molecule has 1 aliphatic rings. The number of nitrogens with zero attached hydrogens (tertiary/aromatic N) is 1. The summed E-state index contributed by atoms with van der Waals surface area (Å²) in [5.41, 5.74) is -0.172. The normalized spacial score (nSPS) is 33.2. The third-order valence-corrected chi connectivity index (χ3v) is 2.83. The van der Waals surface area contributed by atoms with Gasteiger partial charge < -0.3 is 4.74 Å². The molecule has 2 atom stereocenters. The zero-order valence-electron chi connectivity index (χ0n) is 7.26. The molecule has 11 heavy (non-hydrogen) atoms. The maximum absolute atomic E-state index is 8.99. The van der Waals surface area contributed by atoms with Crippen LogP contribution in [0.2, 0.25) is 0 Å². The third kappa shape index (κ3) is 1.39. The Morgan fingerprint density at radius 3 is 2.82 bits per heavy atom. The maximum atomic E-state index is 8.99. The van der Waals surface area contributed by atoms with Gasteiger partial charge in [-0.1, -0.05) is 20.3 Å². The van der Waals surface area contributed by atoms with Crippen molar-refractivity contribution in [3.05, 3.63) is 0 Å². The molecule has 0 amide bonds. The van der Waals surface area contributed by atoms with Crippen molar-refractivity contribution in [2.45, 2.75) is 26.7 Å². The van der Waals surface area contributed by atoms with Crippen LogP contribution in [0, 0.1) is 22.7 Å². The van der Waals surface area contributed by atoms with E-state index in [9.17, 15) is 0 Å². The first-order chi connectivity index (χ1) is 5.25. The average molecular weight is 153 g/mol. The summed E-state index contributed by atoms with van der Waals surface area (Å²) in [6.45, 7) is 5.66. The molecule has 2 nitrogen and oxygen atoms in total. The lowest BCUT2D eigenvalue weighted by molar-refractivity contribution is 0.147. The van der Waals surface area contributed by atoms with Crippen molar-refractivity contribution < 1.29 is 4.74 Å². The molecule has 1 unspecified atom stereocenters. The van der Waals surface area contributed by atoms with Gasteiger partial charge in [-0.2, -0.15) is 5.26 Å². The van der Waals surface area contributed by atoms with Gasteiger partial charge >= 0.3 is 0 Å². The molecule has 62 valence electrons. The van der Waals surface area contributed by atoms with E-state index in [0.29, 0.717) is 12.5 Å². The summed E-state index contributed by atoms with van der Waals surface area (Å²) in [5, 5.41) is 8.99. The first-order valence-corrected chi connectivity index (χ1v) is 4.24. The van der Waals surface area contributed by atoms with Crippen LogP contribution in [0.4, 0.5) is 0 Å². The minimum Gasteiger partial charge on any atom is -0.380 e. The van der Waals surface area contributed by atoms with Crippen LogP contribution in [-0.2, 0) is 4.74 Å². The number of rotatable bonds is 2. The van der Waals surface area contributed by atoms with Gasteiger partial charge in [-0.25, -0.2) is 0 Å². The fraction of sp³-hybridized carbons (Fsp3) is 0.889. The molecule has 1 heterocycles. The van der Waals surface area contributed by atoms with E-state index in [1.165, 1.54) is 0 Å². The molecule has 1 aliphatic heterocycles. The molecule has 0 bridgehead atoms. The summed E-state index contributed by atoms with van der Waals surface area (Å²) in [5.74, 6) is 0.468. The van der Waals surface area contributed by atoms with Gasteiger partial charge in [0.15, 0.2) is 0 Å². The van der Waals surface area contributed by atoms with E-state index < -0.39 is 0 Å². The number of nitriles is 1. The summed E-state index contributed by atoms with van der Waals surface area (Å²) >= 11 is 0. The molecular formula is C9H15NO. The molecule has 0 aromatic carbocycles. The third-order valence-electron chi connectivity index (χ3n) is 2.83. The minimum atomic E-state index is -0.172. The minimum absolute atomic E-state index is 0.172. The van der Waals surface area contributed by atoms with Crippen LogP contribution < -0.4 is 0 Å². The van der Waals surface area contributed by atoms with E-state index in [-0.39, 0.29) is 5.41 Å². The standard InChI is InChI=1S/C9H15NO/c1-3-8(2)9(6-10)4-5-11-7-9/h8H,3-5,7H2,1-2H3/t8?,9-/m1/s1. The van der Waals surface area contributed by atoms with Crippen molar-refractivity contribution in [3.8, 4) is 6.07 Å². The summed E-state index contributed by atoms with van der Waals surface area (Å²) in [6, 6.07) is 2.40. The fourth-order valence-corrected chi connectivity index (χ4v) is 1.56. The van der Waals surface area contributed by atoms with Crippen LogP contribution in [0.15, 0.2) is 0 Å². The van der Waals surface area contributed by atoms with E-state index in [1.807, 2.05) is 0 Å². The summed E-state index contributed by atoms with van der Waals surface area (Å²) in [7, 11) is 0. The van der Waals surface area contributed by atoms with Crippen molar-refractivity contribution in [1.29, 1.82) is 5.26 Å². The Kier molecular flexibility index (Phi) is 2.51. The molecule has 1 saturated heterocycles. The molecule has 0 aliphatic carbocycles. The quantitative estimate of drug-likeness (QED) is 0.607. The highest BCUT2D eigenvalue weighted by Gasteiger charge is 2.39. The molecule has 0 aromatic heterocycles. The highest BCUT2D eigenvalue weighted by molar-refractivity contribution is 5.03. The van der Waals surface area contributed by atoms with Crippen LogP contribution in [0.3, 0.4) is 0 Å². The SMILES string of the molecule is CCC(C)[C@@]1(C#N)CCOC1. The highest BCUT2D eigenvalue weighted by Crippen LogP contribution is 2.37. The van der Waals surface area contributed by atoms with E-state index in [0.717, 1.165) is 19.4 Å². The highest BCUT2D eigenvalue weighted by atomic mass is 16.5. The van der Waals surface area contributed by atoms with Crippen molar-refractivity contribution in [3.63, 3.8) is 0 Å². The van der Waals surface area contributed by atoms with Crippen LogP contribution >= 0.6 is 0 Å². The van der Waals surface area contributed by atoms with Crippen LogP contribution in [0.5, 0.6) is 0 Å². The van der Waals surface area contributed by atoms with Gasteiger partial charge in [-0.15, -0.1) is 0 Å². The van der Waals surface area contributed by atoms with Crippen molar-refractivity contribution in [2.24, 2.45) is 11.3 Å². The monoisotopic (exact) mass is 153 g/mol. The van der Waals surface area contributed by atoms with Gasteiger partial charge in [0.1, 0.15) is 0 Å². The molecule has 2 heteroatoms. The number of hydrogen-bond donors (Lipinski definition) is 0. The lowest BCUT2D eigenvalue weighted by Crippen LogP contribution is -2.26. The van der Waals surface area contributed by atoms with Gasteiger partial charge in [-0.3, -0.25) is 0 Å². The molecule has 0 N–H and O–H groups in total. The molecule has 1 rings (SSSR count). The second kappa shape index (κ2) is 3.23. The predicted octanol–water partition coefficient (Wildman–Crippen LogP) is 1.96. The maximum Gasteiger partial charge on any atom is 0.0853 e. The largest absolute Gasteiger partial charge is 0.380 e. The molecular weight excluding hydrogens is 138 g/mol. The Hall–Kier alpha value is -0.550. The molecule has 1 fully saturated rings. The second-order valence-electron chi connectivity index (χ2n) is 3.38. The van der Waals surface area contributed by atoms with E-state index in [2.05, 4.69) is 19.9 Å². The van der Waals surface area contributed by atoms with Gasteiger partial charge in [-0.05, 0) is 12.3 Å².